The van der Waals surface area contributed by atoms with Crippen molar-refractivity contribution in [2.24, 2.45) is 5.10 Å². The van der Waals surface area contributed by atoms with Crippen LogP contribution in [0.1, 0.15) is 30.6 Å². The molecule has 0 saturated carbocycles. The molecule has 0 aromatic carbocycles. The molecule has 1 N–H and O–H groups in total. The number of amides is 1. The Kier molecular flexibility index (Phi) is 2.47. The second kappa shape index (κ2) is 3.68. The number of aliphatic hydroxyl groups is 1. The zero-order chi connectivity index (χ0) is 11.8. The third-order valence-electron chi connectivity index (χ3n) is 2.42. The van der Waals surface area contributed by atoms with Gasteiger partial charge in [-0.2, -0.15) is 10.1 Å². The van der Waals surface area contributed by atoms with Gasteiger partial charge in [-0.15, -0.1) is 0 Å². The Bertz CT molecular complexity index is 440. The van der Waals surface area contributed by atoms with E-state index < -0.39 is 5.72 Å². The molecule has 16 heavy (non-hydrogen) atoms. The van der Waals surface area contributed by atoms with Crippen molar-refractivity contribution in [2.75, 3.05) is 0 Å². The van der Waals surface area contributed by atoms with E-state index in [0.717, 1.165) is 10.7 Å². The van der Waals surface area contributed by atoms with Gasteiger partial charge in [0.25, 0.3) is 5.91 Å². The summed E-state index contributed by atoms with van der Waals surface area (Å²) in [6, 6.07) is 3.32. The minimum Gasteiger partial charge on any atom is -0.369 e. The van der Waals surface area contributed by atoms with Gasteiger partial charge in [-0.25, -0.2) is 0 Å². The van der Waals surface area contributed by atoms with Crippen molar-refractivity contribution >= 4 is 11.6 Å². The van der Waals surface area contributed by atoms with E-state index in [9.17, 15) is 9.90 Å². The first-order valence-electron chi connectivity index (χ1n) is 5.02. The lowest BCUT2D eigenvalue weighted by Crippen LogP contribution is -2.43. The summed E-state index contributed by atoms with van der Waals surface area (Å²) >= 11 is 0. The molecule has 1 aliphatic rings. The van der Waals surface area contributed by atoms with E-state index in [1.165, 1.54) is 6.20 Å². The first-order valence-corrected chi connectivity index (χ1v) is 5.02. The number of carbonyl (C=O) groups is 1. The maximum atomic E-state index is 12.0. The molecular formula is C11H13N3O2. The number of aromatic nitrogens is 1. The number of hydrazone groups is 1. The van der Waals surface area contributed by atoms with Gasteiger partial charge in [0.15, 0.2) is 5.72 Å². The second-order valence-corrected chi connectivity index (χ2v) is 4.09. The fourth-order valence-electron chi connectivity index (χ4n) is 1.75. The summed E-state index contributed by atoms with van der Waals surface area (Å²) in [5.41, 5.74) is -0.0831. The fraction of sp³-hybridized carbons (Fsp3) is 0.364. The predicted molar refractivity (Wildman–Crippen MR) is 58.8 cm³/mol. The lowest BCUT2D eigenvalue weighted by Gasteiger charge is -2.26. The molecule has 0 aliphatic carbocycles. The van der Waals surface area contributed by atoms with Crippen LogP contribution >= 0.6 is 0 Å². The monoisotopic (exact) mass is 219 g/mol. The number of nitrogens with zero attached hydrogens (tertiary/aromatic N) is 3. The van der Waals surface area contributed by atoms with E-state index in [-0.39, 0.29) is 5.91 Å². The summed E-state index contributed by atoms with van der Waals surface area (Å²) in [4.78, 5) is 15.9. The van der Waals surface area contributed by atoms with Gasteiger partial charge in [-0.3, -0.25) is 9.78 Å². The average Bonchev–Trinajstić information content (AvgIpc) is 2.52. The molecule has 2 heterocycles. The molecule has 2 rings (SSSR count). The van der Waals surface area contributed by atoms with E-state index in [1.54, 1.807) is 32.2 Å². The molecule has 1 aromatic heterocycles. The number of hydrogen-bond donors (Lipinski definition) is 1. The van der Waals surface area contributed by atoms with Crippen LogP contribution in [0.25, 0.3) is 0 Å². The molecule has 1 aromatic rings. The van der Waals surface area contributed by atoms with Crippen LogP contribution in [0.15, 0.2) is 29.6 Å². The van der Waals surface area contributed by atoms with Gasteiger partial charge in [0, 0.05) is 24.5 Å². The third-order valence-corrected chi connectivity index (χ3v) is 2.42. The lowest BCUT2D eigenvalue weighted by atomic mass is 10.1. The molecule has 0 bridgehead atoms. The predicted octanol–water partition coefficient (Wildman–Crippen LogP) is 1.01. The SMILES string of the molecule is CC1=NN(C(=O)c2cccnc2)[C@](C)(O)C1. The topological polar surface area (TPSA) is 65.8 Å². The van der Waals surface area contributed by atoms with Crippen molar-refractivity contribution in [1.29, 1.82) is 0 Å². The van der Waals surface area contributed by atoms with Crippen LogP contribution in [0, 0.1) is 0 Å². The number of carbonyl (C=O) groups excluding carboxylic acids is 1. The van der Waals surface area contributed by atoms with Gasteiger partial charge in [-0.1, -0.05) is 0 Å². The molecule has 0 unspecified atom stereocenters. The lowest BCUT2D eigenvalue weighted by molar-refractivity contribution is -0.0553. The van der Waals surface area contributed by atoms with Crippen molar-refractivity contribution in [3.05, 3.63) is 30.1 Å². The minimum absolute atomic E-state index is 0.338. The Morgan fingerprint density at radius 2 is 2.38 bits per heavy atom. The Morgan fingerprint density at radius 3 is 2.88 bits per heavy atom. The minimum atomic E-state index is -1.24. The van der Waals surface area contributed by atoms with Crippen LogP contribution in [-0.4, -0.2) is 32.4 Å². The molecule has 0 fully saturated rings. The quantitative estimate of drug-likeness (QED) is 0.766. The van der Waals surface area contributed by atoms with Crippen molar-refractivity contribution in [1.82, 2.24) is 9.99 Å². The van der Waals surface area contributed by atoms with Crippen LogP contribution in [0.4, 0.5) is 0 Å². The normalized spacial score (nSPS) is 24.4. The largest absolute Gasteiger partial charge is 0.369 e. The molecule has 84 valence electrons. The van der Waals surface area contributed by atoms with Crippen LogP contribution in [0.3, 0.4) is 0 Å². The van der Waals surface area contributed by atoms with Gasteiger partial charge in [0.1, 0.15) is 0 Å². The zero-order valence-electron chi connectivity index (χ0n) is 9.21. The molecule has 1 aliphatic heterocycles. The van der Waals surface area contributed by atoms with Gasteiger partial charge in [0.05, 0.1) is 5.56 Å². The summed E-state index contributed by atoms with van der Waals surface area (Å²) in [5, 5.41) is 15.2. The van der Waals surface area contributed by atoms with Crippen LogP contribution in [0.2, 0.25) is 0 Å². The molecule has 0 radical (unpaired) electrons. The first kappa shape index (κ1) is 10.8. The van der Waals surface area contributed by atoms with Crippen molar-refractivity contribution in [2.45, 2.75) is 26.0 Å². The molecule has 5 heteroatoms. The number of rotatable bonds is 1. The number of pyridine rings is 1. The maximum Gasteiger partial charge on any atom is 0.278 e. The van der Waals surface area contributed by atoms with Crippen LogP contribution in [-0.2, 0) is 0 Å². The molecule has 5 nitrogen and oxygen atoms in total. The van der Waals surface area contributed by atoms with E-state index in [0.29, 0.717) is 12.0 Å². The highest BCUT2D eigenvalue weighted by atomic mass is 16.3. The highest BCUT2D eigenvalue weighted by molar-refractivity contribution is 5.97. The molecular weight excluding hydrogens is 206 g/mol. The van der Waals surface area contributed by atoms with Crippen molar-refractivity contribution < 1.29 is 9.90 Å². The maximum absolute atomic E-state index is 12.0. The van der Waals surface area contributed by atoms with Gasteiger partial charge < -0.3 is 5.11 Å². The Hall–Kier alpha value is -1.75. The highest BCUT2D eigenvalue weighted by Crippen LogP contribution is 2.26. The van der Waals surface area contributed by atoms with Crippen LogP contribution in [0.5, 0.6) is 0 Å². The molecule has 1 atom stereocenters. The van der Waals surface area contributed by atoms with Gasteiger partial charge >= 0.3 is 0 Å². The fourth-order valence-corrected chi connectivity index (χ4v) is 1.75. The molecule has 0 saturated heterocycles. The van der Waals surface area contributed by atoms with E-state index in [4.69, 9.17) is 0 Å². The van der Waals surface area contributed by atoms with E-state index in [2.05, 4.69) is 10.1 Å². The number of hydrogen-bond acceptors (Lipinski definition) is 4. The van der Waals surface area contributed by atoms with Crippen molar-refractivity contribution in [3.8, 4) is 0 Å². The van der Waals surface area contributed by atoms with Crippen molar-refractivity contribution in [3.63, 3.8) is 0 Å². The highest BCUT2D eigenvalue weighted by Gasteiger charge is 2.39. The van der Waals surface area contributed by atoms with Gasteiger partial charge in [0.2, 0.25) is 0 Å². The van der Waals surface area contributed by atoms with E-state index in [1.807, 2.05) is 0 Å². The zero-order valence-corrected chi connectivity index (χ0v) is 9.21. The summed E-state index contributed by atoms with van der Waals surface area (Å²) in [7, 11) is 0. The summed E-state index contributed by atoms with van der Waals surface area (Å²) in [6.07, 6.45) is 3.42. The molecule has 1 amide bonds. The van der Waals surface area contributed by atoms with Crippen LogP contribution < -0.4 is 0 Å². The summed E-state index contributed by atoms with van der Waals surface area (Å²) in [6.45, 7) is 3.35. The Balaban J connectivity index is 2.30. The Labute approximate surface area is 93.4 Å². The van der Waals surface area contributed by atoms with E-state index >= 15 is 0 Å². The second-order valence-electron chi connectivity index (χ2n) is 4.09. The smallest absolute Gasteiger partial charge is 0.278 e. The third kappa shape index (κ3) is 1.81. The summed E-state index contributed by atoms with van der Waals surface area (Å²) in [5.74, 6) is -0.338. The average molecular weight is 219 g/mol. The Morgan fingerprint density at radius 1 is 1.62 bits per heavy atom. The molecule has 0 spiro atoms. The summed E-state index contributed by atoms with van der Waals surface area (Å²) < 4.78 is 0. The van der Waals surface area contributed by atoms with Gasteiger partial charge in [-0.05, 0) is 26.0 Å². The first-order chi connectivity index (χ1) is 7.50. The standard InChI is InChI=1S/C11H13N3O2/c1-8-6-11(2,16)14(13-8)10(15)9-4-3-5-12-7-9/h3-5,7,16H,6H2,1-2H3/t11-/m1/s1.